The van der Waals surface area contributed by atoms with Crippen LogP contribution in [0.2, 0.25) is 0 Å². The Hall–Kier alpha value is -1.07. The summed E-state index contributed by atoms with van der Waals surface area (Å²) in [6, 6.07) is 7.89. The summed E-state index contributed by atoms with van der Waals surface area (Å²) in [6.45, 7) is 6.14. The van der Waals surface area contributed by atoms with Gasteiger partial charge in [0.05, 0.1) is 17.1 Å². The average Bonchev–Trinajstić information content (AvgIpc) is 2.44. The fourth-order valence-electron chi connectivity index (χ4n) is 2.53. The number of rotatable bonds is 4. The van der Waals surface area contributed by atoms with Crippen molar-refractivity contribution in [2.75, 3.05) is 18.9 Å². The van der Waals surface area contributed by atoms with E-state index >= 15 is 0 Å². The third kappa shape index (κ3) is 3.40. The third-order valence-electron chi connectivity index (χ3n) is 4.34. The van der Waals surface area contributed by atoms with E-state index in [2.05, 4.69) is 0 Å². The van der Waals surface area contributed by atoms with Crippen LogP contribution in [0.25, 0.3) is 0 Å². The first-order chi connectivity index (χ1) is 9.69. The predicted molar refractivity (Wildman–Crippen MR) is 85.3 cm³/mol. The minimum absolute atomic E-state index is 0.152. The van der Waals surface area contributed by atoms with Gasteiger partial charge < -0.3 is 10.5 Å². The molecule has 0 saturated heterocycles. The van der Waals surface area contributed by atoms with Gasteiger partial charge in [-0.15, -0.1) is 0 Å². The van der Waals surface area contributed by atoms with Gasteiger partial charge in [0.25, 0.3) is 0 Å². The number of ether oxygens (including phenoxy) is 1. The summed E-state index contributed by atoms with van der Waals surface area (Å²) in [5.41, 5.74) is 6.79. The van der Waals surface area contributed by atoms with Crippen LogP contribution in [0, 0.1) is 5.41 Å². The molecule has 0 fully saturated rings. The number of benzene rings is 1. The Balaban J connectivity index is 2.15. The summed E-state index contributed by atoms with van der Waals surface area (Å²) >= 11 is 0. The average molecular weight is 311 g/mol. The van der Waals surface area contributed by atoms with Crippen LogP contribution in [0.5, 0.6) is 5.75 Å². The molecule has 0 amide bonds. The summed E-state index contributed by atoms with van der Waals surface area (Å²) in [7, 11) is -3.13. The first kappa shape index (κ1) is 16.3. The minimum Gasteiger partial charge on any atom is -0.493 e. The zero-order chi connectivity index (χ0) is 15.7. The predicted octanol–water partition coefficient (Wildman–Crippen LogP) is 2.17. The fraction of sp³-hybridized carbons (Fsp3) is 0.625. The van der Waals surface area contributed by atoms with Gasteiger partial charge in [0.1, 0.15) is 5.75 Å². The van der Waals surface area contributed by atoms with Gasteiger partial charge in [0.2, 0.25) is 0 Å². The van der Waals surface area contributed by atoms with Crippen LogP contribution < -0.4 is 10.5 Å². The Morgan fingerprint density at radius 1 is 1.29 bits per heavy atom. The van der Waals surface area contributed by atoms with Crippen molar-refractivity contribution in [2.24, 2.45) is 11.1 Å². The van der Waals surface area contributed by atoms with Gasteiger partial charge >= 0.3 is 0 Å². The van der Waals surface area contributed by atoms with E-state index in [1.807, 2.05) is 24.3 Å². The summed E-state index contributed by atoms with van der Waals surface area (Å²) in [5, 5.41) is 0. The van der Waals surface area contributed by atoms with E-state index in [-0.39, 0.29) is 11.2 Å². The molecule has 21 heavy (non-hydrogen) atoms. The van der Waals surface area contributed by atoms with Gasteiger partial charge in [-0.2, -0.15) is 0 Å². The first-order valence-corrected chi connectivity index (χ1v) is 8.97. The lowest BCUT2D eigenvalue weighted by Crippen LogP contribution is -2.44. The van der Waals surface area contributed by atoms with E-state index < -0.39 is 14.6 Å². The van der Waals surface area contributed by atoms with Crippen LogP contribution in [0.4, 0.5) is 0 Å². The second-order valence-electron chi connectivity index (χ2n) is 6.96. The standard InChI is InChI=1S/C16H25NO3S/c1-15(2,3)21(18,19)9-8-16(11-17)10-13-6-4-5-7-14(13)20-12-16/h4-7H,8-12,17H2,1-3H3. The molecule has 1 aliphatic rings. The Morgan fingerprint density at radius 2 is 1.95 bits per heavy atom. The molecule has 118 valence electrons. The Bertz CT molecular complexity index is 604. The van der Waals surface area contributed by atoms with Crippen LogP contribution in [-0.4, -0.2) is 32.1 Å². The lowest BCUT2D eigenvalue weighted by molar-refractivity contribution is 0.123. The first-order valence-electron chi connectivity index (χ1n) is 7.32. The number of sulfone groups is 1. The molecule has 0 saturated carbocycles. The molecule has 1 aromatic rings. The van der Waals surface area contributed by atoms with Crippen LogP contribution in [0.1, 0.15) is 32.8 Å². The highest BCUT2D eigenvalue weighted by Crippen LogP contribution is 2.37. The number of fused-ring (bicyclic) bond motifs is 1. The highest BCUT2D eigenvalue weighted by Gasteiger charge is 2.38. The molecule has 4 nitrogen and oxygen atoms in total. The van der Waals surface area contributed by atoms with Crippen molar-refractivity contribution >= 4 is 9.84 Å². The van der Waals surface area contributed by atoms with Crippen LogP contribution in [0.15, 0.2) is 24.3 Å². The van der Waals surface area contributed by atoms with Gasteiger partial charge in [-0.25, -0.2) is 8.42 Å². The summed E-state index contributed by atoms with van der Waals surface area (Å²) in [4.78, 5) is 0. The molecule has 1 unspecified atom stereocenters. The summed E-state index contributed by atoms with van der Waals surface area (Å²) in [5.74, 6) is 1.04. The van der Waals surface area contributed by atoms with Crippen molar-refractivity contribution < 1.29 is 13.2 Å². The van der Waals surface area contributed by atoms with Crippen molar-refractivity contribution in [3.05, 3.63) is 29.8 Å². The zero-order valence-electron chi connectivity index (χ0n) is 13.1. The van der Waals surface area contributed by atoms with E-state index in [0.29, 0.717) is 19.6 Å². The van der Waals surface area contributed by atoms with E-state index in [1.54, 1.807) is 20.8 Å². The quantitative estimate of drug-likeness (QED) is 0.925. The van der Waals surface area contributed by atoms with Crippen LogP contribution in [-0.2, 0) is 16.3 Å². The molecule has 0 radical (unpaired) electrons. The van der Waals surface area contributed by atoms with Gasteiger partial charge in [-0.3, -0.25) is 0 Å². The monoisotopic (exact) mass is 311 g/mol. The second kappa shape index (κ2) is 5.61. The lowest BCUT2D eigenvalue weighted by Gasteiger charge is -2.37. The second-order valence-corrected chi connectivity index (χ2v) is 9.82. The third-order valence-corrected chi connectivity index (χ3v) is 6.95. The Labute approximate surface area is 127 Å². The minimum atomic E-state index is -3.13. The molecule has 0 bridgehead atoms. The smallest absolute Gasteiger partial charge is 0.155 e. The molecule has 1 aromatic carbocycles. The van der Waals surface area contributed by atoms with Gasteiger partial charge in [-0.1, -0.05) is 18.2 Å². The molecule has 0 spiro atoms. The van der Waals surface area contributed by atoms with Crippen LogP contribution in [0.3, 0.4) is 0 Å². The van der Waals surface area contributed by atoms with Crippen LogP contribution >= 0.6 is 0 Å². The Kier molecular flexibility index (Phi) is 4.36. The number of hydrogen-bond acceptors (Lipinski definition) is 4. The summed E-state index contributed by atoms with van der Waals surface area (Å²) < 4.78 is 29.7. The van der Waals surface area contributed by atoms with E-state index in [0.717, 1.165) is 17.7 Å². The van der Waals surface area contributed by atoms with Gasteiger partial charge in [-0.05, 0) is 45.2 Å². The molecule has 1 aliphatic heterocycles. The molecule has 2 N–H and O–H groups in total. The molecule has 1 heterocycles. The van der Waals surface area contributed by atoms with E-state index in [4.69, 9.17) is 10.5 Å². The lowest BCUT2D eigenvalue weighted by atomic mass is 9.78. The van der Waals surface area contributed by atoms with Crippen molar-refractivity contribution in [2.45, 2.75) is 38.4 Å². The number of nitrogens with two attached hydrogens (primary N) is 1. The van der Waals surface area contributed by atoms with Crippen molar-refractivity contribution in [1.29, 1.82) is 0 Å². The largest absolute Gasteiger partial charge is 0.493 e. The number of para-hydroxylation sites is 1. The molecule has 2 rings (SSSR count). The molecular formula is C16H25NO3S. The maximum atomic E-state index is 12.3. The van der Waals surface area contributed by atoms with Gasteiger partial charge in [0.15, 0.2) is 9.84 Å². The highest BCUT2D eigenvalue weighted by molar-refractivity contribution is 7.92. The normalized spacial score (nSPS) is 22.5. The van der Waals surface area contributed by atoms with Crippen molar-refractivity contribution in [3.8, 4) is 5.75 Å². The molecule has 5 heteroatoms. The fourth-order valence-corrected chi connectivity index (χ4v) is 3.84. The molecule has 0 aromatic heterocycles. The summed E-state index contributed by atoms with van der Waals surface area (Å²) in [6.07, 6.45) is 1.32. The topological polar surface area (TPSA) is 69.4 Å². The maximum absolute atomic E-state index is 12.3. The number of hydrogen-bond donors (Lipinski definition) is 1. The van der Waals surface area contributed by atoms with E-state index in [9.17, 15) is 8.42 Å². The molecule has 0 aliphatic carbocycles. The molecule has 1 atom stereocenters. The maximum Gasteiger partial charge on any atom is 0.155 e. The van der Waals surface area contributed by atoms with Crippen molar-refractivity contribution in [3.63, 3.8) is 0 Å². The van der Waals surface area contributed by atoms with Gasteiger partial charge in [0, 0.05) is 12.0 Å². The van der Waals surface area contributed by atoms with E-state index in [1.165, 1.54) is 0 Å². The zero-order valence-corrected chi connectivity index (χ0v) is 13.9. The Morgan fingerprint density at radius 3 is 2.57 bits per heavy atom. The molecular weight excluding hydrogens is 286 g/mol. The SMILES string of the molecule is CC(C)(C)S(=O)(=O)CCC1(CN)COc2ccccc2C1. The van der Waals surface area contributed by atoms with Crippen molar-refractivity contribution in [1.82, 2.24) is 0 Å². The highest BCUT2D eigenvalue weighted by atomic mass is 32.2.